The van der Waals surface area contributed by atoms with Gasteiger partial charge in [0.25, 0.3) is 0 Å². The SMILES string of the molecule is CC(C)N1CCCCC1N1C(=O)OCC1C(=O)O. The third-order valence-corrected chi connectivity index (χ3v) is 3.69. The molecule has 0 saturated carbocycles. The van der Waals surface area contributed by atoms with Crippen LogP contribution in [-0.4, -0.2) is 58.4 Å². The number of rotatable bonds is 3. The van der Waals surface area contributed by atoms with Crippen molar-refractivity contribution in [3.8, 4) is 0 Å². The van der Waals surface area contributed by atoms with Crippen LogP contribution in [0.2, 0.25) is 0 Å². The average Bonchev–Trinajstić information content (AvgIpc) is 2.71. The number of cyclic esters (lactones) is 1. The van der Waals surface area contributed by atoms with Crippen molar-refractivity contribution in [2.45, 2.75) is 51.4 Å². The molecule has 2 saturated heterocycles. The van der Waals surface area contributed by atoms with Crippen molar-refractivity contribution in [1.29, 1.82) is 0 Å². The van der Waals surface area contributed by atoms with Gasteiger partial charge in [-0.25, -0.2) is 9.59 Å². The molecule has 6 nitrogen and oxygen atoms in total. The normalized spacial score (nSPS) is 29.7. The second kappa shape index (κ2) is 5.14. The van der Waals surface area contributed by atoms with Crippen LogP contribution in [-0.2, 0) is 9.53 Å². The maximum Gasteiger partial charge on any atom is 0.412 e. The number of carbonyl (C=O) groups excluding carboxylic acids is 1. The van der Waals surface area contributed by atoms with Crippen LogP contribution >= 0.6 is 0 Å². The monoisotopic (exact) mass is 256 g/mol. The lowest BCUT2D eigenvalue weighted by atomic mass is 10.0. The molecule has 1 N–H and O–H groups in total. The van der Waals surface area contributed by atoms with Gasteiger partial charge in [0.15, 0.2) is 6.04 Å². The van der Waals surface area contributed by atoms with Crippen molar-refractivity contribution in [1.82, 2.24) is 9.80 Å². The smallest absolute Gasteiger partial charge is 0.412 e. The molecular formula is C12H20N2O4. The van der Waals surface area contributed by atoms with E-state index in [1.165, 1.54) is 4.90 Å². The van der Waals surface area contributed by atoms with Crippen LogP contribution in [0, 0.1) is 0 Å². The molecule has 102 valence electrons. The molecule has 6 heteroatoms. The summed E-state index contributed by atoms with van der Waals surface area (Å²) in [4.78, 5) is 26.5. The summed E-state index contributed by atoms with van der Waals surface area (Å²) >= 11 is 0. The molecule has 18 heavy (non-hydrogen) atoms. The molecule has 0 aromatic heterocycles. The number of aliphatic carboxylic acids is 1. The van der Waals surface area contributed by atoms with Gasteiger partial charge in [-0.3, -0.25) is 9.80 Å². The molecule has 0 aromatic carbocycles. The predicted octanol–water partition coefficient (Wildman–Crippen LogP) is 1.11. The molecule has 0 aliphatic carbocycles. The van der Waals surface area contributed by atoms with Gasteiger partial charge in [-0.05, 0) is 33.1 Å². The first kappa shape index (κ1) is 13.1. The van der Waals surface area contributed by atoms with Crippen molar-refractivity contribution in [2.24, 2.45) is 0 Å². The summed E-state index contributed by atoms with van der Waals surface area (Å²) in [5.74, 6) is -0.991. The molecule has 2 aliphatic heterocycles. The Bertz CT molecular complexity index is 345. The zero-order valence-electron chi connectivity index (χ0n) is 10.8. The molecule has 2 fully saturated rings. The average molecular weight is 256 g/mol. The Morgan fingerprint density at radius 3 is 2.78 bits per heavy atom. The summed E-state index contributed by atoms with van der Waals surface area (Å²) in [5.41, 5.74) is 0. The second-order valence-electron chi connectivity index (χ2n) is 5.15. The Kier molecular flexibility index (Phi) is 3.75. The van der Waals surface area contributed by atoms with Gasteiger partial charge in [-0.15, -0.1) is 0 Å². The molecule has 2 heterocycles. The standard InChI is InChI=1S/C12H20N2O4/c1-8(2)13-6-4-3-5-10(13)14-9(11(15)16)7-18-12(14)17/h8-10H,3-7H2,1-2H3,(H,15,16). The lowest BCUT2D eigenvalue weighted by Gasteiger charge is -2.43. The first-order chi connectivity index (χ1) is 8.52. The van der Waals surface area contributed by atoms with Crippen molar-refractivity contribution in [2.75, 3.05) is 13.2 Å². The molecule has 0 radical (unpaired) electrons. The number of hydrogen-bond donors (Lipinski definition) is 1. The number of carboxylic acid groups (broad SMARTS) is 1. The fourth-order valence-corrected chi connectivity index (χ4v) is 2.79. The van der Waals surface area contributed by atoms with E-state index in [0.29, 0.717) is 0 Å². The van der Waals surface area contributed by atoms with Crippen LogP contribution in [0.3, 0.4) is 0 Å². The van der Waals surface area contributed by atoms with Gasteiger partial charge < -0.3 is 9.84 Å². The minimum absolute atomic E-state index is 0.0450. The van der Waals surface area contributed by atoms with Crippen molar-refractivity contribution >= 4 is 12.1 Å². The van der Waals surface area contributed by atoms with E-state index in [1.807, 2.05) is 0 Å². The van der Waals surface area contributed by atoms with E-state index in [9.17, 15) is 9.59 Å². The lowest BCUT2D eigenvalue weighted by molar-refractivity contribution is -0.143. The van der Waals surface area contributed by atoms with Crippen molar-refractivity contribution < 1.29 is 19.4 Å². The number of carboxylic acids is 1. The Balaban J connectivity index is 2.20. The van der Waals surface area contributed by atoms with Gasteiger partial charge >= 0.3 is 12.1 Å². The third kappa shape index (κ3) is 2.29. The van der Waals surface area contributed by atoms with E-state index in [1.54, 1.807) is 0 Å². The summed E-state index contributed by atoms with van der Waals surface area (Å²) < 4.78 is 4.90. The van der Waals surface area contributed by atoms with E-state index < -0.39 is 18.1 Å². The molecule has 0 bridgehead atoms. The molecule has 0 spiro atoms. The number of nitrogens with zero attached hydrogens (tertiary/aromatic N) is 2. The Labute approximate surface area is 106 Å². The van der Waals surface area contributed by atoms with Gasteiger partial charge in [-0.2, -0.15) is 0 Å². The van der Waals surface area contributed by atoms with Gasteiger partial charge in [0.05, 0.1) is 6.17 Å². The highest BCUT2D eigenvalue weighted by atomic mass is 16.6. The van der Waals surface area contributed by atoms with Crippen LogP contribution < -0.4 is 0 Å². The minimum Gasteiger partial charge on any atom is -0.480 e. The largest absolute Gasteiger partial charge is 0.480 e. The molecular weight excluding hydrogens is 236 g/mol. The zero-order chi connectivity index (χ0) is 13.3. The predicted molar refractivity (Wildman–Crippen MR) is 64.1 cm³/mol. The number of piperidine rings is 1. The fourth-order valence-electron chi connectivity index (χ4n) is 2.79. The zero-order valence-corrected chi connectivity index (χ0v) is 10.8. The highest BCUT2D eigenvalue weighted by molar-refractivity contribution is 5.83. The summed E-state index contributed by atoms with van der Waals surface area (Å²) in [6.07, 6.45) is 2.28. The van der Waals surface area contributed by atoms with Gasteiger partial charge in [0.2, 0.25) is 0 Å². The molecule has 1 amide bonds. The molecule has 2 atom stereocenters. The molecule has 2 unspecified atom stereocenters. The number of amides is 1. The Hall–Kier alpha value is -1.30. The van der Waals surface area contributed by atoms with E-state index in [0.717, 1.165) is 25.8 Å². The molecule has 2 aliphatic rings. The summed E-state index contributed by atoms with van der Waals surface area (Å²) in [6, 6.07) is -0.556. The summed E-state index contributed by atoms with van der Waals surface area (Å²) in [6.45, 7) is 4.99. The minimum atomic E-state index is -0.991. The maximum absolute atomic E-state index is 11.8. The van der Waals surface area contributed by atoms with E-state index >= 15 is 0 Å². The van der Waals surface area contributed by atoms with Crippen LogP contribution in [0.15, 0.2) is 0 Å². The number of likely N-dealkylation sites (tertiary alicyclic amines) is 1. The van der Waals surface area contributed by atoms with Gasteiger partial charge in [0, 0.05) is 12.6 Å². The van der Waals surface area contributed by atoms with Crippen LogP contribution in [0.5, 0.6) is 0 Å². The highest BCUT2D eigenvalue weighted by Crippen LogP contribution is 2.27. The van der Waals surface area contributed by atoms with Crippen molar-refractivity contribution in [3.63, 3.8) is 0 Å². The van der Waals surface area contributed by atoms with Gasteiger partial charge in [-0.1, -0.05) is 0 Å². The molecule has 2 rings (SSSR count). The third-order valence-electron chi connectivity index (χ3n) is 3.69. The van der Waals surface area contributed by atoms with Gasteiger partial charge in [0.1, 0.15) is 6.61 Å². The van der Waals surface area contributed by atoms with Crippen LogP contribution in [0.1, 0.15) is 33.1 Å². The molecule has 0 aromatic rings. The van der Waals surface area contributed by atoms with E-state index in [4.69, 9.17) is 9.84 Å². The Morgan fingerprint density at radius 2 is 2.17 bits per heavy atom. The number of hydrogen-bond acceptors (Lipinski definition) is 4. The van der Waals surface area contributed by atoms with Crippen LogP contribution in [0.25, 0.3) is 0 Å². The lowest BCUT2D eigenvalue weighted by Crippen LogP contribution is -2.57. The second-order valence-corrected chi connectivity index (χ2v) is 5.15. The van der Waals surface area contributed by atoms with Crippen molar-refractivity contribution in [3.05, 3.63) is 0 Å². The fraction of sp³-hybridized carbons (Fsp3) is 0.833. The maximum atomic E-state index is 11.8. The topological polar surface area (TPSA) is 70.1 Å². The quantitative estimate of drug-likeness (QED) is 0.819. The number of carbonyl (C=O) groups is 2. The van der Waals surface area contributed by atoms with E-state index in [2.05, 4.69) is 18.7 Å². The first-order valence-electron chi connectivity index (χ1n) is 6.46. The van der Waals surface area contributed by atoms with E-state index in [-0.39, 0.29) is 18.8 Å². The Morgan fingerprint density at radius 1 is 1.44 bits per heavy atom. The first-order valence-corrected chi connectivity index (χ1v) is 6.46. The number of ether oxygens (including phenoxy) is 1. The summed E-state index contributed by atoms with van der Waals surface area (Å²) in [7, 11) is 0. The highest BCUT2D eigenvalue weighted by Gasteiger charge is 2.45. The van der Waals surface area contributed by atoms with Crippen LogP contribution in [0.4, 0.5) is 4.79 Å². The summed E-state index contributed by atoms with van der Waals surface area (Å²) in [5, 5.41) is 9.16.